The number of nitro benzene ring substituents is 1. The van der Waals surface area contributed by atoms with E-state index in [2.05, 4.69) is 5.32 Å². The van der Waals surface area contributed by atoms with Gasteiger partial charge in [-0.1, -0.05) is 6.92 Å². The average Bonchev–Trinajstić information content (AvgIpc) is 3.05. The molecule has 1 aromatic rings. The molecule has 1 aromatic carbocycles. The number of aliphatic hydroxyl groups excluding tert-OH is 1. The molecule has 7 nitrogen and oxygen atoms in total. The molecule has 0 saturated carbocycles. The lowest BCUT2D eigenvalue weighted by Gasteiger charge is -2.18. The Kier molecular flexibility index (Phi) is 6.14. The number of hydrogen-bond acceptors (Lipinski definition) is 5. The van der Waals surface area contributed by atoms with Crippen LogP contribution in [0.4, 0.5) is 11.4 Å². The molecule has 1 aliphatic heterocycles. The Labute approximate surface area is 141 Å². The predicted octanol–water partition coefficient (Wildman–Crippen LogP) is 2.33. The molecule has 1 saturated heterocycles. The smallest absolute Gasteiger partial charge is 0.293 e. The van der Waals surface area contributed by atoms with E-state index in [0.717, 1.165) is 25.9 Å². The van der Waals surface area contributed by atoms with Crippen LogP contribution in [0.2, 0.25) is 0 Å². The van der Waals surface area contributed by atoms with Crippen molar-refractivity contribution in [2.45, 2.75) is 39.2 Å². The number of anilines is 1. The summed E-state index contributed by atoms with van der Waals surface area (Å²) in [7, 11) is 0. The minimum Gasteiger partial charge on any atom is -0.393 e. The summed E-state index contributed by atoms with van der Waals surface area (Å²) in [5.41, 5.74) is 0.840. The van der Waals surface area contributed by atoms with Crippen LogP contribution in [0.15, 0.2) is 18.2 Å². The van der Waals surface area contributed by atoms with Gasteiger partial charge in [-0.25, -0.2) is 0 Å². The monoisotopic (exact) mass is 335 g/mol. The molecule has 0 aromatic heterocycles. The SMILES string of the molecule is C[C@H](CNC(=O)c1ccc(N2CCCC2)c([N+](=O)[O-])c1)C[C@H](C)O. The van der Waals surface area contributed by atoms with Crippen molar-refractivity contribution in [1.29, 1.82) is 0 Å². The Bertz CT molecular complexity index is 597. The van der Waals surface area contributed by atoms with Crippen LogP contribution < -0.4 is 10.2 Å². The fraction of sp³-hybridized carbons (Fsp3) is 0.588. The van der Waals surface area contributed by atoms with Crippen molar-refractivity contribution in [2.75, 3.05) is 24.5 Å². The summed E-state index contributed by atoms with van der Waals surface area (Å²) in [6, 6.07) is 4.65. The molecule has 1 heterocycles. The van der Waals surface area contributed by atoms with Crippen molar-refractivity contribution in [3.8, 4) is 0 Å². The predicted molar refractivity (Wildman–Crippen MR) is 92.3 cm³/mol. The molecule has 0 bridgehead atoms. The lowest BCUT2D eigenvalue weighted by molar-refractivity contribution is -0.384. The molecule has 1 fully saturated rings. The van der Waals surface area contributed by atoms with Gasteiger partial charge in [0.05, 0.1) is 11.0 Å². The quantitative estimate of drug-likeness (QED) is 0.589. The van der Waals surface area contributed by atoms with E-state index in [1.54, 1.807) is 19.1 Å². The van der Waals surface area contributed by atoms with Crippen LogP contribution in [0.1, 0.15) is 43.5 Å². The van der Waals surface area contributed by atoms with Crippen molar-refractivity contribution in [2.24, 2.45) is 5.92 Å². The molecule has 1 amide bonds. The summed E-state index contributed by atoms with van der Waals surface area (Å²) in [4.78, 5) is 25.2. The Morgan fingerprint density at radius 3 is 2.62 bits per heavy atom. The molecule has 0 spiro atoms. The van der Waals surface area contributed by atoms with Gasteiger partial charge >= 0.3 is 0 Å². The fourth-order valence-electron chi connectivity index (χ4n) is 3.07. The molecule has 24 heavy (non-hydrogen) atoms. The highest BCUT2D eigenvalue weighted by molar-refractivity contribution is 5.95. The second-order valence-electron chi connectivity index (χ2n) is 6.55. The van der Waals surface area contributed by atoms with E-state index in [1.165, 1.54) is 6.07 Å². The minimum absolute atomic E-state index is 0.0263. The van der Waals surface area contributed by atoms with E-state index in [9.17, 15) is 20.0 Å². The van der Waals surface area contributed by atoms with Gasteiger partial charge in [-0.3, -0.25) is 14.9 Å². The van der Waals surface area contributed by atoms with Crippen LogP contribution in [-0.2, 0) is 0 Å². The Balaban J connectivity index is 2.08. The highest BCUT2D eigenvalue weighted by Gasteiger charge is 2.23. The van der Waals surface area contributed by atoms with E-state index in [4.69, 9.17) is 0 Å². The number of nitro groups is 1. The van der Waals surface area contributed by atoms with E-state index >= 15 is 0 Å². The zero-order chi connectivity index (χ0) is 17.7. The zero-order valence-electron chi connectivity index (χ0n) is 14.2. The van der Waals surface area contributed by atoms with Gasteiger partial charge in [-0.2, -0.15) is 0 Å². The van der Waals surface area contributed by atoms with Crippen molar-refractivity contribution in [1.82, 2.24) is 5.32 Å². The van der Waals surface area contributed by atoms with E-state index in [-0.39, 0.29) is 23.1 Å². The highest BCUT2D eigenvalue weighted by atomic mass is 16.6. The van der Waals surface area contributed by atoms with Gasteiger partial charge in [-0.05, 0) is 44.2 Å². The number of rotatable bonds is 7. The minimum atomic E-state index is -0.430. The fourth-order valence-corrected chi connectivity index (χ4v) is 3.07. The maximum absolute atomic E-state index is 12.2. The molecule has 2 atom stereocenters. The zero-order valence-corrected chi connectivity index (χ0v) is 14.2. The normalized spacial score (nSPS) is 16.7. The van der Waals surface area contributed by atoms with Gasteiger partial charge in [0, 0.05) is 31.3 Å². The third kappa shape index (κ3) is 4.67. The first-order valence-electron chi connectivity index (χ1n) is 8.38. The number of aliphatic hydroxyl groups is 1. The van der Waals surface area contributed by atoms with Crippen molar-refractivity contribution in [3.63, 3.8) is 0 Å². The maximum atomic E-state index is 12.2. The second kappa shape index (κ2) is 8.10. The van der Waals surface area contributed by atoms with Gasteiger partial charge in [0.2, 0.25) is 0 Å². The van der Waals surface area contributed by atoms with Gasteiger partial charge in [-0.15, -0.1) is 0 Å². The van der Waals surface area contributed by atoms with E-state index in [0.29, 0.717) is 18.7 Å². The van der Waals surface area contributed by atoms with Crippen molar-refractivity contribution < 1.29 is 14.8 Å². The molecular weight excluding hydrogens is 310 g/mol. The lowest BCUT2D eigenvalue weighted by atomic mass is 10.0. The third-order valence-electron chi connectivity index (χ3n) is 4.24. The highest BCUT2D eigenvalue weighted by Crippen LogP contribution is 2.31. The number of nitrogens with zero attached hydrogens (tertiary/aromatic N) is 2. The summed E-state index contributed by atoms with van der Waals surface area (Å²) in [5, 5.41) is 23.5. The first-order valence-corrected chi connectivity index (χ1v) is 8.38. The Morgan fingerprint density at radius 2 is 2.04 bits per heavy atom. The van der Waals surface area contributed by atoms with Crippen LogP contribution in [0.25, 0.3) is 0 Å². The van der Waals surface area contributed by atoms with Crippen molar-refractivity contribution in [3.05, 3.63) is 33.9 Å². The van der Waals surface area contributed by atoms with Crippen molar-refractivity contribution >= 4 is 17.3 Å². The summed E-state index contributed by atoms with van der Waals surface area (Å²) >= 11 is 0. The number of carbonyl (C=O) groups is 1. The van der Waals surface area contributed by atoms with Gasteiger partial charge < -0.3 is 15.3 Å². The van der Waals surface area contributed by atoms with Gasteiger partial charge in [0.15, 0.2) is 0 Å². The number of benzene rings is 1. The largest absolute Gasteiger partial charge is 0.393 e. The summed E-state index contributed by atoms with van der Waals surface area (Å²) in [6.07, 6.45) is 2.23. The van der Waals surface area contributed by atoms with Crippen LogP contribution >= 0.6 is 0 Å². The molecular formula is C17H25N3O4. The van der Waals surface area contributed by atoms with Gasteiger partial charge in [0.25, 0.3) is 11.6 Å². The molecule has 7 heteroatoms. The van der Waals surface area contributed by atoms with Crippen LogP contribution in [-0.4, -0.2) is 41.7 Å². The second-order valence-corrected chi connectivity index (χ2v) is 6.55. The van der Waals surface area contributed by atoms with E-state index < -0.39 is 11.0 Å². The van der Waals surface area contributed by atoms with Crippen LogP contribution in [0.5, 0.6) is 0 Å². The molecule has 2 N–H and O–H groups in total. The number of nitrogens with one attached hydrogen (secondary N) is 1. The molecule has 2 rings (SSSR count). The van der Waals surface area contributed by atoms with Gasteiger partial charge in [0.1, 0.15) is 5.69 Å². The first kappa shape index (κ1) is 18.2. The molecule has 0 unspecified atom stereocenters. The number of amides is 1. The molecule has 0 radical (unpaired) electrons. The molecule has 1 aliphatic rings. The number of carbonyl (C=O) groups excluding carboxylic acids is 1. The first-order chi connectivity index (χ1) is 11.4. The van der Waals surface area contributed by atoms with Crippen LogP contribution in [0, 0.1) is 16.0 Å². The summed E-state index contributed by atoms with van der Waals surface area (Å²) in [5.74, 6) is -0.198. The maximum Gasteiger partial charge on any atom is 0.293 e. The standard InChI is InChI=1S/C17H25N3O4/c1-12(9-13(2)21)11-18-17(22)14-5-6-15(16(10-14)20(23)24)19-7-3-4-8-19/h5-6,10,12-13,21H,3-4,7-9,11H2,1-2H3,(H,18,22)/t12-,13-/m0/s1. The third-order valence-corrected chi connectivity index (χ3v) is 4.24. The topological polar surface area (TPSA) is 95.7 Å². The van der Waals surface area contributed by atoms with E-state index in [1.807, 2.05) is 11.8 Å². The molecule has 0 aliphatic carbocycles. The molecule has 132 valence electrons. The van der Waals surface area contributed by atoms with Crippen LogP contribution in [0.3, 0.4) is 0 Å². The number of hydrogen-bond donors (Lipinski definition) is 2. The average molecular weight is 335 g/mol. The lowest BCUT2D eigenvalue weighted by Crippen LogP contribution is -2.29. The Hall–Kier alpha value is -2.15. The summed E-state index contributed by atoms with van der Waals surface area (Å²) < 4.78 is 0. The Morgan fingerprint density at radius 1 is 1.38 bits per heavy atom. The summed E-state index contributed by atoms with van der Waals surface area (Å²) in [6.45, 7) is 5.68.